The summed E-state index contributed by atoms with van der Waals surface area (Å²) in [5, 5.41) is 3.45. The van der Waals surface area contributed by atoms with Crippen LogP contribution in [0.4, 0.5) is 10.5 Å². The van der Waals surface area contributed by atoms with E-state index < -0.39 is 0 Å². The van der Waals surface area contributed by atoms with E-state index in [9.17, 15) is 9.59 Å². The van der Waals surface area contributed by atoms with Crippen molar-refractivity contribution in [1.82, 2.24) is 10.2 Å². The van der Waals surface area contributed by atoms with Gasteiger partial charge in [0.15, 0.2) is 0 Å². The molecule has 3 rings (SSSR count). The number of carbonyl (C=O) groups excluding carboxylic acids is 2. The van der Waals surface area contributed by atoms with Crippen LogP contribution in [0.1, 0.15) is 5.56 Å². The normalized spacial score (nSPS) is 13.8. The Hall–Kier alpha value is -2.73. The van der Waals surface area contributed by atoms with Crippen molar-refractivity contribution >= 4 is 29.2 Å². The van der Waals surface area contributed by atoms with E-state index in [0.29, 0.717) is 24.7 Å². The Kier molecular flexibility index (Phi) is 6.19. The lowest BCUT2D eigenvalue weighted by Crippen LogP contribution is -2.40. The van der Waals surface area contributed by atoms with Crippen LogP contribution in [0.5, 0.6) is 5.75 Å². The van der Waals surface area contributed by atoms with E-state index in [1.807, 2.05) is 30.3 Å². The molecule has 0 aliphatic carbocycles. The second-order valence-corrected chi connectivity index (χ2v) is 6.72. The molecule has 1 N–H and O–H groups in total. The minimum Gasteiger partial charge on any atom is -0.497 e. The first-order valence-electron chi connectivity index (χ1n) is 8.78. The molecular formula is C20H22ClN3O3. The third-order valence-electron chi connectivity index (χ3n) is 4.44. The molecule has 0 aromatic heterocycles. The van der Waals surface area contributed by atoms with Gasteiger partial charge in [0.05, 0.1) is 7.11 Å². The molecule has 0 bridgehead atoms. The minimum absolute atomic E-state index is 0.0541. The van der Waals surface area contributed by atoms with Gasteiger partial charge in [0.1, 0.15) is 12.3 Å². The Morgan fingerprint density at radius 1 is 1.19 bits per heavy atom. The summed E-state index contributed by atoms with van der Waals surface area (Å²) in [5.74, 6) is 0.643. The van der Waals surface area contributed by atoms with Gasteiger partial charge in [-0.15, -0.1) is 0 Å². The number of halogens is 1. The Morgan fingerprint density at radius 3 is 2.67 bits per heavy atom. The molecule has 0 radical (unpaired) electrons. The molecule has 1 heterocycles. The van der Waals surface area contributed by atoms with Crippen LogP contribution < -0.4 is 15.0 Å². The number of nitrogens with one attached hydrogen (secondary N) is 1. The fraction of sp³-hybridized carbons (Fsp3) is 0.300. The number of nitrogens with zero attached hydrogens (tertiary/aromatic N) is 2. The summed E-state index contributed by atoms with van der Waals surface area (Å²) in [5.41, 5.74) is 1.86. The Morgan fingerprint density at radius 2 is 1.96 bits per heavy atom. The Labute approximate surface area is 163 Å². The summed E-state index contributed by atoms with van der Waals surface area (Å²) in [7, 11) is 1.63. The molecule has 0 unspecified atom stereocenters. The van der Waals surface area contributed by atoms with Crippen LogP contribution in [0, 0.1) is 0 Å². The van der Waals surface area contributed by atoms with Gasteiger partial charge in [-0.2, -0.15) is 0 Å². The maximum Gasteiger partial charge on any atom is 0.325 e. The van der Waals surface area contributed by atoms with E-state index >= 15 is 0 Å². The van der Waals surface area contributed by atoms with Gasteiger partial charge in [-0.3, -0.25) is 9.69 Å². The molecule has 0 saturated carbocycles. The largest absolute Gasteiger partial charge is 0.497 e. The van der Waals surface area contributed by atoms with Crippen LogP contribution in [0.15, 0.2) is 48.5 Å². The van der Waals surface area contributed by atoms with Crippen LogP contribution in [-0.2, 0) is 11.2 Å². The highest BCUT2D eigenvalue weighted by Crippen LogP contribution is 2.23. The zero-order chi connectivity index (χ0) is 19.2. The maximum atomic E-state index is 12.5. The van der Waals surface area contributed by atoms with Crippen molar-refractivity contribution in [2.75, 3.05) is 38.2 Å². The van der Waals surface area contributed by atoms with E-state index in [0.717, 1.165) is 23.4 Å². The number of hydrogen-bond donors (Lipinski definition) is 1. The standard InChI is InChI=1S/C20H22ClN3O3/c1-27-18-7-5-15(6-8-18)9-10-22-19(25)14-23-11-12-24(20(23)26)17-4-2-3-16(21)13-17/h2-8,13H,9-12,14H2,1H3,(H,22,25). The maximum absolute atomic E-state index is 12.5. The van der Waals surface area contributed by atoms with Gasteiger partial charge < -0.3 is 15.0 Å². The van der Waals surface area contributed by atoms with Crippen molar-refractivity contribution in [1.29, 1.82) is 0 Å². The highest BCUT2D eigenvalue weighted by Gasteiger charge is 2.30. The van der Waals surface area contributed by atoms with E-state index in [2.05, 4.69) is 5.32 Å². The summed E-state index contributed by atoms with van der Waals surface area (Å²) >= 11 is 5.99. The summed E-state index contributed by atoms with van der Waals surface area (Å²) in [4.78, 5) is 27.9. The monoisotopic (exact) mass is 387 g/mol. The van der Waals surface area contributed by atoms with Crippen LogP contribution in [0.25, 0.3) is 0 Å². The summed E-state index contributed by atoms with van der Waals surface area (Å²) in [6.07, 6.45) is 0.721. The quantitative estimate of drug-likeness (QED) is 0.794. The molecule has 1 aliphatic heterocycles. The molecule has 0 atom stereocenters. The van der Waals surface area contributed by atoms with Crippen molar-refractivity contribution < 1.29 is 14.3 Å². The topological polar surface area (TPSA) is 61.9 Å². The van der Waals surface area contributed by atoms with E-state index in [4.69, 9.17) is 16.3 Å². The summed E-state index contributed by atoms with van der Waals surface area (Å²) < 4.78 is 5.12. The van der Waals surface area contributed by atoms with Crippen molar-refractivity contribution in [2.24, 2.45) is 0 Å². The predicted molar refractivity (Wildman–Crippen MR) is 105 cm³/mol. The molecule has 2 aromatic carbocycles. The van der Waals surface area contributed by atoms with Gasteiger partial charge in [-0.05, 0) is 42.3 Å². The second-order valence-electron chi connectivity index (χ2n) is 6.28. The lowest BCUT2D eigenvalue weighted by atomic mass is 10.1. The van der Waals surface area contributed by atoms with Crippen molar-refractivity contribution in [3.63, 3.8) is 0 Å². The second kappa shape index (κ2) is 8.77. The summed E-state index contributed by atoms with van der Waals surface area (Å²) in [6, 6.07) is 14.7. The molecule has 27 heavy (non-hydrogen) atoms. The predicted octanol–water partition coefficient (Wildman–Crippen LogP) is 2.95. The van der Waals surface area contributed by atoms with Gasteiger partial charge in [0.25, 0.3) is 0 Å². The number of anilines is 1. The van der Waals surface area contributed by atoms with Gasteiger partial charge in [0, 0.05) is 30.3 Å². The average molecular weight is 388 g/mol. The van der Waals surface area contributed by atoms with E-state index in [-0.39, 0.29) is 18.5 Å². The van der Waals surface area contributed by atoms with E-state index in [1.54, 1.807) is 35.1 Å². The fourth-order valence-corrected chi connectivity index (χ4v) is 3.17. The van der Waals surface area contributed by atoms with Crippen molar-refractivity contribution in [3.8, 4) is 5.75 Å². The van der Waals surface area contributed by atoms with Gasteiger partial charge in [-0.25, -0.2) is 4.79 Å². The molecule has 0 spiro atoms. The Bertz CT molecular complexity index is 810. The van der Waals surface area contributed by atoms with Crippen LogP contribution in [-0.4, -0.2) is 50.1 Å². The first kappa shape index (κ1) is 19.0. The van der Waals surface area contributed by atoms with Gasteiger partial charge in [-0.1, -0.05) is 29.8 Å². The number of rotatable bonds is 7. The SMILES string of the molecule is COc1ccc(CCNC(=O)CN2CCN(c3cccc(Cl)c3)C2=O)cc1. The summed E-state index contributed by atoms with van der Waals surface area (Å²) in [6.45, 7) is 1.62. The highest BCUT2D eigenvalue weighted by molar-refractivity contribution is 6.30. The number of carbonyl (C=O) groups is 2. The first-order valence-corrected chi connectivity index (χ1v) is 9.16. The molecule has 142 valence electrons. The van der Waals surface area contributed by atoms with Crippen molar-refractivity contribution in [2.45, 2.75) is 6.42 Å². The lowest BCUT2D eigenvalue weighted by molar-refractivity contribution is -0.121. The minimum atomic E-state index is -0.178. The first-order chi connectivity index (χ1) is 13.1. The fourth-order valence-electron chi connectivity index (χ4n) is 2.98. The van der Waals surface area contributed by atoms with Crippen LogP contribution in [0.3, 0.4) is 0 Å². The lowest BCUT2D eigenvalue weighted by Gasteiger charge is -2.18. The number of hydrogen-bond acceptors (Lipinski definition) is 3. The van der Waals surface area contributed by atoms with Gasteiger partial charge >= 0.3 is 6.03 Å². The van der Waals surface area contributed by atoms with E-state index in [1.165, 1.54) is 0 Å². The molecule has 1 fully saturated rings. The average Bonchev–Trinajstić information content (AvgIpc) is 3.02. The number of benzene rings is 2. The molecular weight excluding hydrogens is 366 g/mol. The van der Waals surface area contributed by atoms with Crippen molar-refractivity contribution in [3.05, 3.63) is 59.1 Å². The van der Waals surface area contributed by atoms with Gasteiger partial charge in [0.2, 0.25) is 5.91 Å². The highest BCUT2D eigenvalue weighted by atomic mass is 35.5. The molecule has 1 aliphatic rings. The zero-order valence-electron chi connectivity index (χ0n) is 15.2. The molecule has 7 heteroatoms. The van der Waals surface area contributed by atoms with Crippen LogP contribution in [0.2, 0.25) is 5.02 Å². The molecule has 2 aromatic rings. The number of urea groups is 1. The van der Waals surface area contributed by atoms with Crippen LogP contribution >= 0.6 is 11.6 Å². The molecule has 3 amide bonds. The number of methoxy groups -OCH3 is 1. The number of amides is 3. The smallest absolute Gasteiger partial charge is 0.325 e. The third-order valence-corrected chi connectivity index (χ3v) is 4.68. The molecule has 6 nitrogen and oxygen atoms in total. The molecule has 1 saturated heterocycles. The Balaban J connectivity index is 1.46. The zero-order valence-corrected chi connectivity index (χ0v) is 15.9. The third kappa shape index (κ3) is 4.92. The number of ether oxygens (including phenoxy) is 1.